The lowest BCUT2D eigenvalue weighted by Gasteiger charge is -2.10. The van der Waals surface area contributed by atoms with Gasteiger partial charge in [0.15, 0.2) is 0 Å². The number of rotatable bonds is 1. The van der Waals surface area contributed by atoms with Crippen molar-refractivity contribution in [2.75, 3.05) is 0 Å². The number of fused-ring (bicyclic) bond motifs is 1. The first-order valence-corrected chi connectivity index (χ1v) is 5.65. The molecule has 0 radical (unpaired) electrons. The lowest BCUT2D eigenvalue weighted by Crippen LogP contribution is -2.05. The Morgan fingerprint density at radius 2 is 1.94 bits per heavy atom. The van der Waals surface area contributed by atoms with Crippen LogP contribution in [0.2, 0.25) is 5.02 Å². The zero-order chi connectivity index (χ0) is 11.9. The van der Waals surface area contributed by atoms with Crippen molar-refractivity contribution < 1.29 is 4.39 Å². The predicted octanol–water partition coefficient (Wildman–Crippen LogP) is 4.75. The smallest absolute Gasteiger partial charge is 0.247 e. The van der Waals surface area contributed by atoms with Crippen molar-refractivity contribution >= 4 is 45.7 Å². The second-order valence-electron chi connectivity index (χ2n) is 3.51. The third-order valence-electron chi connectivity index (χ3n) is 2.20. The van der Waals surface area contributed by atoms with Gasteiger partial charge in [0.05, 0.1) is 10.5 Å². The Balaban J connectivity index is 2.74. The quantitative estimate of drug-likeness (QED) is 0.686. The molecular formula is C11H7Cl3FN. The van der Waals surface area contributed by atoms with E-state index >= 15 is 0 Å². The molecule has 2 rings (SSSR count). The summed E-state index contributed by atoms with van der Waals surface area (Å²) in [5, 5.41) is 1.13. The summed E-state index contributed by atoms with van der Waals surface area (Å²) in [5.41, 5.74) is 1.51. The van der Waals surface area contributed by atoms with E-state index in [1.165, 1.54) is 6.07 Å². The highest BCUT2D eigenvalue weighted by molar-refractivity contribution is 6.46. The van der Waals surface area contributed by atoms with Gasteiger partial charge in [-0.05, 0) is 25.1 Å². The molecule has 0 fully saturated rings. The van der Waals surface area contributed by atoms with Crippen LogP contribution in [0.5, 0.6) is 0 Å². The van der Waals surface area contributed by atoms with Crippen molar-refractivity contribution in [3.05, 3.63) is 40.5 Å². The molecule has 0 aliphatic rings. The molecule has 0 saturated heterocycles. The fourth-order valence-electron chi connectivity index (χ4n) is 1.44. The molecule has 1 aromatic heterocycles. The van der Waals surface area contributed by atoms with Gasteiger partial charge in [-0.3, -0.25) is 0 Å². The molecule has 0 N–H and O–H groups in total. The highest BCUT2D eigenvalue weighted by atomic mass is 35.5. The molecule has 0 aliphatic heterocycles. The number of hydrogen-bond donors (Lipinski definition) is 0. The Labute approximate surface area is 107 Å². The second kappa shape index (κ2) is 4.02. The minimum atomic E-state index is -2.53. The summed E-state index contributed by atoms with van der Waals surface area (Å²) in [6, 6.07) is 6.82. The van der Waals surface area contributed by atoms with E-state index in [4.69, 9.17) is 34.8 Å². The van der Waals surface area contributed by atoms with Crippen molar-refractivity contribution in [3.63, 3.8) is 0 Å². The predicted molar refractivity (Wildman–Crippen MR) is 66.0 cm³/mol. The van der Waals surface area contributed by atoms with Crippen LogP contribution >= 0.6 is 34.8 Å². The normalized spacial score (nSPS) is 12.1. The maximum Gasteiger partial charge on any atom is 0.300 e. The van der Waals surface area contributed by atoms with Crippen LogP contribution in [-0.2, 0) is 4.59 Å². The summed E-state index contributed by atoms with van der Waals surface area (Å²) in [6.45, 7) is 1.94. The molecule has 0 atom stereocenters. The Morgan fingerprint density at radius 1 is 1.25 bits per heavy atom. The lowest BCUT2D eigenvalue weighted by molar-refractivity contribution is 0.397. The van der Waals surface area contributed by atoms with E-state index < -0.39 is 4.59 Å². The van der Waals surface area contributed by atoms with Gasteiger partial charge in [0.1, 0.15) is 5.69 Å². The van der Waals surface area contributed by atoms with Crippen molar-refractivity contribution in [2.45, 2.75) is 11.5 Å². The number of benzene rings is 1. The second-order valence-corrected chi connectivity index (χ2v) is 5.15. The standard InChI is InChI=1S/C11H7Cl3FN/c1-6-2-3-9-7(4-6)8(12)5-10(16-9)11(13,14)15/h2-5H,1H3. The van der Waals surface area contributed by atoms with Crippen molar-refractivity contribution in [1.82, 2.24) is 4.98 Å². The fourth-order valence-corrected chi connectivity index (χ4v) is 1.89. The van der Waals surface area contributed by atoms with Crippen LogP contribution in [0.4, 0.5) is 4.39 Å². The molecule has 5 heteroatoms. The van der Waals surface area contributed by atoms with E-state index in [0.29, 0.717) is 10.5 Å². The van der Waals surface area contributed by atoms with Gasteiger partial charge in [-0.25, -0.2) is 9.37 Å². The number of aromatic nitrogens is 1. The molecule has 2 aromatic rings. The molecule has 1 heterocycles. The van der Waals surface area contributed by atoms with E-state index in [1.54, 1.807) is 6.07 Å². The van der Waals surface area contributed by atoms with E-state index in [1.807, 2.05) is 19.1 Å². The molecular weight excluding hydrogens is 271 g/mol. The topological polar surface area (TPSA) is 12.9 Å². The Bertz CT molecular complexity index is 549. The summed E-state index contributed by atoms with van der Waals surface area (Å²) in [5.74, 6) is 0. The van der Waals surface area contributed by atoms with Gasteiger partial charge in [0, 0.05) is 5.39 Å². The van der Waals surface area contributed by atoms with Gasteiger partial charge in [-0.15, -0.1) is 0 Å². The van der Waals surface area contributed by atoms with E-state index in [9.17, 15) is 4.39 Å². The van der Waals surface area contributed by atoms with Gasteiger partial charge in [-0.2, -0.15) is 0 Å². The first kappa shape index (κ1) is 11.9. The molecule has 1 nitrogen and oxygen atoms in total. The molecule has 84 valence electrons. The number of halogens is 4. The first-order valence-electron chi connectivity index (χ1n) is 4.52. The van der Waals surface area contributed by atoms with Gasteiger partial charge < -0.3 is 0 Å². The molecule has 0 bridgehead atoms. The summed E-state index contributed by atoms with van der Waals surface area (Å²) in [6.07, 6.45) is 0. The number of aryl methyl sites for hydroxylation is 1. The number of alkyl halides is 3. The SMILES string of the molecule is Cc1ccc2nc(C(F)(Cl)Cl)cc(Cl)c2c1. The van der Waals surface area contributed by atoms with Crippen molar-refractivity contribution in [2.24, 2.45) is 0 Å². The summed E-state index contributed by atoms with van der Waals surface area (Å²) in [7, 11) is 0. The van der Waals surface area contributed by atoms with Gasteiger partial charge in [-0.1, -0.05) is 46.4 Å². The number of pyridine rings is 1. The van der Waals surface area contributed by atoms with Crippen LogP contribution in [0, 0.1) is 6.92 Å². The first-order chi connectivity index (χ1) is 7.38. The maximum absolute atomic E-state index is 13.3. The average molecular weight is 279 g/mol. The molecule has 0 saturated carbocycles. The van der Waals surface area contributed by atoms with E-state index in [-0.39, 0.29) is 5.69 Å². The Hall–Kier alpha value is -0.570. The number of hydrogen-bond acceptors (Lipinski definition) is 1. The highest BCUT2D eigenvalue weighted by Crippen LogP contribution is 2.37. The minimum Gasteiger partial charge on any atom is -0.247 e. The zero-order valence-corrected chi connectivity index (χ0v) is 10.5. The Kier molecular flexibility index (Phi) is 2.99. The van der Waals surface area contributed by atoms with Crippen LogP contribution in [0.15, 0.2) is 24.3 Å². The van der Waals surface area contributed by atoms with E-state index in [2.05, 4.69) is 4.98 Å². The molecule has 1 aromatic carbocycles. The highest BCUT2D eigenvalue weighted by Gasteiger charge is 2.28. The monoisotopic (exact) mass is 277 g/mol. The fraction of sp³-hybridized carbons (Fsp3) is 0.182. The minimum absolute atomic E-state index is 0.0998. The van der Waals surface area contributed by atoms with Gasteiger partial charge in [0.2, 0.25) is 0 Å². The van der Waals surface area contributed by atoms with Crippen LogP contribution in [0.25, 0.3) is 10.9 Å². The van der Waals surface area contributed by atoms with Crippen LogP contribution in [0.1, 0.15) is 11.3 Å². The summed E-state index contributed by atoms with van der Waals surface area (Å²) in [4.78, 5) is 4.03. The average Bonchev–Trinajstić information content (AvgIpc) is 2.17. The van der Waals surface area contributed by atoms with Crippen LogP contribution < -0.4 is 0 Å². The maximum atomic E-state index is 13.3. The summed E-state index contributed by atoms with van der Waals surface area (Å²) >= 11 is 16.7. The zero-order valence-electron chi connectivity index (χ0n) is 8.27. The molecule has 0 unspecified atom stereocenters. The number of nitrogens with zero attached hydrogens (tertiary/aromatic N) is 1. The van der Waals surface area contributed by atoms with Crippen LogP contribution in [0.3, 0.4) is 0 Å². The summed E-state index contributed by atoms with van der Waals surface area (Å²) < 4.78 is 10.8. The lowest BCUT2D eigenvalue weighted by atomic mass is 10.1. The van der Waals surface area contributed by atoms with Gasteiger partial charge >= 0.3 is 0 Å². The Morgan fingerprint density at radius 3 is 2.56 bits per heavy atom. The van der Waals surface area contributed by atoms with E-state index in [0.717, 1.165) is 10.9 Å². The largest absolute Gasteiger partial charge is 0.300 e. The molecule has 16 heavy (non-hydrogen) atoms. The third kappa shape index (κ3) is 2.24. The molecule has 0 amide bonds. The molecule has 0 spiro atoms. The van der Waals surface area contributed by atoms with Gasteiger partial charge in [0.25, 0.3) is 4.59 Å². The molecule has 0 aliphatic carbocycles. The van der Waals surface area contributed by atoms with Crippen molar-refractivity contribution in [3.8, 4) is 0 Å². The van der Waals surface area contributed by atoms with Crippen LogP contribution in [-0.4, -0.2) is 4.98 Å². The third-order valence-corrected chi connectivity index (χ3v) is 2.90. The van der Waals surface area contributed by atoms with Crippen molar-refractivity contribution in [1.29, 1.82) is 0 Å².